The molecular formula is C18H24N6O2. The Bertz CT molecular complexity index is 754. The van der Waals surface area contributed by atoms with Crippen molar-refractivity contribution in [1.29, 1.82) is 0 Å². The molecule has 0 amide bonds. The van der Waals surface area contributed by atoms with Gasteiger partial charge in [0.15, 0.2) is 0 Å². The average Bonchev–Trinajstić information content (AvgIpc) is 2.99. The Balaban J connectivity index is 1.43. The van der Waals surface area contributed by atoms with Crippen molar-refractivity contribution in [3.8, 4) is 0 Å². The van der Waals surface area contributed by atoms with E-state index < -0.39 is 0 Å². The van der Waals surface area contributed by atoms with Crippen LogP contribution in [0.5, 0.6) is 0 Å². The van der Waals surface area contributed by atoms with Crippen LogP contribution < -0.4 is 4.90 Å². The lowest BCUT2D eigenvalue weighted by molar-refractivity contribution is -0.145. The predicted octanol–water partition coefficient (Wildman–Crippen LogP) is 1.58. The van der Waals surface area contributed by atoms with Gasteiger partial charge in [0.2, 0.25) is 5.95 Å². The molecule has 2 aliphatic rings. The Labute approximate surface area is 152 Å². The highest BCUT2D eigenvalue weighted by Gasteiger charge is 2.30. The average molecular weight is 356 g/mol. The molecule has 1 fully saturated rings. The number of hydrogen-bond acceptors (Lipinski definition) is 7. The molecule has 0 radical (unpaired) electrons. The minimum atomic E-state index is -0.110. The van der Waals surface area contributed by atoms with Crippen LogP contribution in [-0.4, -0.2) is 50.9 Å². The van der Waals surface area contributed by atoms with Crippen LogP contribution in [0.1, 0.15) is 43.3 Å². The maximum Gasteiger partial charge on any atom is 0.308 e. The number of anilines is 1. The van der Waals surface area contributed by atoms with E-state index in [1.54, 1.807) is 12.4 Å². The van der Waals surface area contributed by atoms with Gasteiger partial charge in [0.25, 0.3) is 0 Å². The minimum absolute atomic E-state index is 0.0355. The third kappa shape index (κ3) is 3.27. The maximum atomic E-state index is 11.9. The van der Waals surface area contributed by atoms with Crippen LogP contribution in [0.15, 0.2) is 18.5 Å². The van der Waals surface area contributed by atoms with Crippen molar-refractivity contribution in [2.24, 2.45) is 5.92 Å². The fraction of sp³-hybridized carbons (Fsp3) is 0.611. The van der Waals surface area contributed by atoms with Gasteiger partial charge in [-0.05, 0) is 31.7 Å². The largest absolute Gasteiger partial charge is 0.469 e. The van der Waals surface area contributed by atoms with Gasteiger partial charge in [0.05, 0.1) is 13.0 Å². The summed E-state index contributed by atoms with van der Waals surface area (Å²) in [5, 5.41) is 8.91. The van der Waals surface area contributed by atoms with E-state index >= 15 is 0 Å². The third-order valence-corrected chi connectivity index (χ3v) is 5.50. The molecule has 138 valence electrons. The molecule has 2 aromatic rings. The van der Waals surface area contributed by atoms with E-state index in [4.69, 9.17) is 4.74 Å². The number of rotatable bonds is 3. The van der Waals surface area contributed by atoms with Crippen molar-refractivity contribution in [2.75, 3.05) is 25.1 Å². The normalized spacial score (nSPS) is 21.1. The van der Waals surface area contributed by atoms with Crippen molar-refractivity contribution >= 4 is 11.9 Å². The van der Waals surface area contributed by atoms with Crippen LogP contribution in [0.4, 0.5) is 5.95 Å². The van der Waals surface area contributed by atoms with Gasteiger partial charge in [-0.25, -0.2) is 9.97 Å². The lowest BCUT2D eigenvalue weighted by atomic mass is 9.96. The molecule has 26 heavy (non-hydrogen) atoms. The van der Waals surface area contributed by atoms with Crippen molar-refractivity contribution in [3.05, 3.63) is 30.1 Å². The Morgan fingerprint density at radius 2 is 1.85 bits per heavy atom. The predicted molar refractivity (Wildman–Crippen MR) is 94.7 cm³/mol. The second-order valence-corrected chi connectivity index (χ2v) is 6.98. The van der Waals surface area contributed by atoms with E-state index in [9.17, 15) is 4.79 Å². The number of aryl methyl sites for hydroxylation is 1. The number of carbonyl (C=O) groups excluding carboxylic acids is 1. The van der Waals surface area contributed by atoms with Crippen LogP contribution in [-0.2, 0) is 22.5 Å². The van der Waals surface area contributed by atoms with Gasteiger partial charge < -0.3 is 14.2 Å². The summed E-state index contributed by atoms with van der Waals surface area (Å²) in [6, 6.07) is 1.84. The number of ether oxygens (including phenoxy) is 1. The highest BCUT2D eigenvalue weighted by atomic mass is 16.5. The smallest absolute Gasteiger partial charge is 0.308 e. The van der Waals surface area contributed by atoms with Gasteiger partial charge in [0.1, 0.15) is 11.6 Å². The number of fused-ring (bicyclic) bond motifs is 1. The number of esters is 1. The Kier molecular flexibility index (Phi) is 4.81. The summed E-state index contributed by atoms with van der Waals surface area (Å²) >= 11 is 0. The van der Waals surface area contributed by atoms with E-state index in [0.717, 1.165) is 69.3 Å². The van der Waals surface area contributed by atoms with Crippen LogP contribution in [0.25, 0.3) is 0 Å². The maximum absolute atomic E-state index is 11.9. The van der Waals surface area contributed by atoms with E-state index in [1.807, 2.05) is 6.07 Å². The summed E-state index contributed by atoms with van der Waals surface area (Å²) in [6.07, 6.45) is 7.95. The topological polar surface area (TPSA) is 86.0 Å². The van der Waals surface area contributed by atoms with Crippen LogP contribution in [0.3, 0.4) is 0 Å². The first-order chi connectivity index (χ1) is 12.8. The molecule has 4 heterocycles. The van der Waals surface area contributed by atoms with Gasteiger partial charge in [-0.15, -0.1) is 10.2 Å². The van der Waals surface area contributed by atoms with Gasteiger partial charge in [-0.3, -0.25) is 4.79 Å². The SMILES string of the molecule is COC(=O)C1CCc2nnc(C3CCN(c4ncccn4)CC3)n2CC1. The molecule has 2 aromatic heterocycles. The summed E-state index contributed by atoms with van der Waals surface area (Å²) in [5.74, 6) is 3.12. The summed E-state index contributed by atoms with van der Waals surface area (Å²) in [6.45, 7) is 2.63. The lowest BCUT2D eigenvalue weighted by Crippen LogP contribution is -2.34. The molecule has 0 saturated carbocycles. The highest BCUT2D eigenvalue weighted by Crippen LogP contribution is 2.30. The fourth-order valence-corrected chi connectivity index (χ4v) is 4.01. The molecule has 1 saturated heterocycles. The molecule has 1 atom stereocenters. The highest BCUT2D eigenvalue weighted by molar-refractivity contribution is 5.72. The number of nitrogens with zero attached hydrogens (tertiary/aromatic N) is 6. The molecule has 0 N–H and O–H groups in total. The number of piperidine rings is 1. The zero-order valence-corrected chi connectivity index (χ0v) is 15.0. The van der Waals surface area contributed by atoms with Crippen molar-refractivity contribution < 1.29 is 9.53 Å². The second kappa shape index (κ2) is 7.39. The summed E-state index contributed by atoms with van der Waals surface area (Å²) in [7, 11) is 1.46. The quantitative estimate of drug-likeness (QED) is 0.772. The van der Waals surface area contributed by atoms with Gasteiger partial charge in [-0.2, -0.15) is 0 Å². The van der Waals surface area contributed by atoms with Crippen molar-refractivity contribution in [2.45, 2.75) is 44.6 Å². The molecule has 8 heteroatoms. The van der Waals surface area contributed by atoms with Crippen molar-refractivity contribution in [3.63, 3.8) is 0 Å². The van der Waals surface area contributed by atoms with Gasteiger partial charge in [0, 0.05) is 44.4 Å². The second-order valence-electron chi connectivity index (χ2n) is 6.98. The molecule has 4 rings (SSSR count). The summed E-state index contributed by atoms with van der Waals surface area (Å²) in [4.78, 5) is 22.8. The van der Waals surface area contributed by atoms with Crippen molar-refractivity contribution in [1.82, 2.24) is 24.7 Å². The zero-order chi connectivity index (χ0) is 17.9. The van der Waals surface area contributed by atoms with Gasteiger partial charge in [-0.1, -0.05) is 0 Å². The van der Waals surface area contributed by atoms with Crippen LogP contribution in [0.2, 0.25) is 0 Å². The van der Waals surface area contributed by atoms with E-state index in [-0.39, 0.29) is 11.9 Å². The molecule has 8 nitrogen and oxygen atoms in total. The Hall–Kier alpha value is -2.51. The molecule has 0 spiro atoms. The number of hydrogen-bond donors (Lipinski definition) is 0. The molecule has 1 unspecified atom stereocenters. The molecular weight excluding hydrogens is 332 g/mol. The Morgan fingerprint density at radius 1 is 1.08 bits per heavy atom. The zero-order valence-electron chi connectivity index (χ0n) is 15.0. The first kappa shape index (κ1) is 16.9. The number of carbonyl (C=O) groups is 1. The molecule has 0 aromatic carbocycles. The molecule has 0 aliphatic carbocycles. The van der Waals surface area contributed by atoms with E-state index in [0.29, 0.717) is 5.92 Å². The molecule has 0 bridgehead atoms. The molecule has 2 aliphatic heterocycles. The number of aromatic nitrogens is 5. The first-order valence-electron chi connectivity index (χ1n) is 9.28. The van der Waals surface area contributed by atoms with E-state index in [2.05, 4.69) is 29.6 Å². The monoisotopic (exact) mass is 356 g/mol. The number of methoxy groups -OCH3 is 1. The Morgan fingerprint density at radius 3 is 2.58 bits per heavy atom. The first-order valence-corrected chi connectivity index (χ1v) is 9.28. The van der Waals surface area contributed by atoms with Crippen LogP contribution in [0, 0.1) is 5.92 Å². The minimum Gasteiger partial charge on any atom is -0.469 e. The van der Waals surface area contributed by atoms with E-state index in [1.165, 1.54) is 7.11 Å². The van der Waals surface area contributed by atoms with Crippen LogP contribution >= 0.6 is 0 Å². The van der Waals surface area contributed by atoms with Gasteiger partial charge >= 0.3 is 5.97 Å². The summed E-state index contributed by atoms with van der Waals surface area (Å²) < 4.78 is 7.16. The third-order valence-electron chi connectivity index (χ3n) is 5.50. The summed E-state index contributed by atoms with van der Waals surface area (Å²) in [5.41, 5.74) is 0. The fourth-order valence-electron chi connectivity index (χ4n) is 4.01. The lowest BCUT2D eigenvalue weighted by Gasteiger charge is -2.31. The standard InChI is InChI=1S/C18H24N6O2/c1-26-17(25)14-3-4-15-21-22-16(24(15)12-7-14)13-5-10-23(11-6-13)18-19-8-2-9-20-18/h2,8-9,13-14H,3-7,10-12H2,1H3.